The number of halogens is 2. The second-order valence-corrected chi connectivity index (χ2v) is 11.9. The van der Waals surface area contributed by atoms with Crippen LogP contribution in [0.4, 0.5) is 5.69 Å². The molecule has 0 bridgehead atoms. The number of amidine groups is 1. The number of carbonyl (C=O) groups is 1. The molecule has 2 saturated heterocycles. The fourth-order valence-electron chi connectivity index (χ4n) is 4.29. The standard InChI is InChI=1S/C19H22Cl2N2O3S2/c20-14-7-6-13(9-15(14)21)23-16-10-28(25,26)11-17(16)27-19(23)22-18(24)8-5-12-3-1-2-4-12/h6-7,9,12,16-17H,1-5,8,10-11H2. The third kappa shape index (κ3) is 4.37. The first-order valence-corrected chi connectivity index (χ1v) is 13.0. The molecular weight excluding hydrogens is 439 g/mol. The van der Waals surface area contributed by atoms with Crippen LogP contribution >= 0.6 is 35.0 Å². The Labute approximate surface area is 179 Å². The SMILES string of the molecule is O=C(CCC1CCCC1)N=C1SC2CS(=O)(=O)CC2N1c1ccc(Cl)c(Cl)c1. The van der Waals surface area contributed by atoms with Gasteiger partial charge in [0.2, 0.25) is 5.91 Å². The molecule has 2 atom stereocenters. The average Bonchev–Trinajstić information content (AvgIpc) is 3.30. The lowest BCUT2D eigenvalue weighted by molar-refractivity contribution is -0.118. The lowest BCUT2D eigenvalue weighted by Crippen LogP contribution is -2.37. The quantitative estimate of drug-likeness (QED) is 0.658. The van der Waals surface area contributed by atoms with Gasteiger partial charge in [-0.15, -0.1) is 0 Å². The van der Waals surface area contributed by atoms with E-state index in [1.54, 1.807) is 18.2 Å². The van der Waals surface area contributed by atoms with E-state index < -0.39 is 9.84 Å². The zero-order valence-electron chi connectivity index (χ0n) is 15.3. The molecule has 2 heterocycles. The summed E-state index contributed by atoms with van der Waals surface area (Å²) >= 11 is 13.6. The number of hydrogen-bond donors (Lipinski definition) is 0. The topological polar surface area (TPSA) is 66.8 Å². The highest BCUT2D eigenvalue weighted by atomic mass is 35.5. The van der Waals surface area contributed by atoms with Crippen molar-refractivity contribution in [3.63, 3.8) is 0 Å². The summed E-state index contributed by atoms with van der Waals surface area (Å²) in [6.07, 6.45) is 6.25. The highest BCUT2D eigenvalue weighted by Crippen LogP contribution is 2.42. The Morgan fingerprint density at radius 2 is 1.93 bits per heavy atom. The third-order valence-corrected chi connectivity index (χ3v) is 9.66. The molecule has 9 heteroatoms. The Balaban J connectivity index is 1.57. The molecule has 4 rings (SSSR count). The minimum absolute atomic E-state index is 0.0558. The van der Waals surface area contributed by atoms with Gasteiger partial charge in [0.1, 0.15) is 0 Å². The van der Waals surface area contributed by atoms with Gasteiger partial charge in [-0.25, -0.2) is 8.42 Å². The number of carbonyl (C=O) groups excluding carboxylic acids is 1. The summed E-state index contributed by atoms with van der Waals surface area (Å²) in [5, 5.41) is 1.26. The van der Waals surface area contributed by atoms with Crippen molar-refractivity contribution >= 4 is 61.6 Å². The molecule has 3 aliphatic rings. The van der Waals surface area contributed by atoms with E-state index >= 15 is 0 Å². The number of rotatable bonds is 4. The van der Waals surface area contributed by atoms with Crippen molar-refractivity contribution in [2.24, 2.45) is 10.9 Å². The Kier molecular flexibility index (Phi) is 5.98. The van der Waals surface area contributed by atoms with Crippen LogP contribution < -0.4 is 4.90 Å². The van der Waals surface area contributed by atoms with Gasteiger partial charge < -0.3 is 4.90 Å². The third-order valence-electron chi connectivity index (χ3n) is 5.71. The van der Waals surface area contributed by atoms with E-state index in [1.165, 1.54) is 37.4 Å². The van der Waals surface area contributed by atoms with Gasteiger partial charge in [-0.3, -0.25) is 4.79 Å². The number of benzene rings is 1. The summed E-state index contributed by atoms with van der Waals surface area (Å²) in [4.78, 5) is 18.7. The van der Waals surface area contributed by atoms with Gasteiger partial charge in [-0.1, -0.05) is 60.6 Å². The molecular formula is C19H22Cl2N2O3S2. The van der Waals surface area contributed by atoms with E-state index in [-0.39, 0.29) is 28.7 Å². The van der Waals surface area contributed by atoms with E-state index in [9.17, 15) is 13.2 Å². The molecule has 1 aromatic rings. The van der Waals surface area contributed by atoms with Crippen LogP contribution in [0.5, 0.6) is 0 Å². The van der Waals surface area contributed by atoms with Gasteiger partial charge in [-0.2, -0.15) is 4.99 Å². The van der Waals surface area contributed by atoms with Gasteiger partial charge in [0.25, 0.3) is 0 Å². The monoisotopic (exact) mass is 460 g/mol. The number of amides is 1. The van der Waals surface area contributed by atoms with Crippen molar-refractivity contribution < 1.29 is 13.2 Å². The van der Waals surface area contributed by atoms with Crippen LogP contribution in [-0.4, -0.2) is 42.3 Å². The highest BCUT2D eigenvalue weighted by Gasteiger charge is 2.49. The van der Waals surface area contributed by atoms with E-state index in [0.717, 1.165) is 6.42 Å². The number of anilines is 1. The molecule has 1 aromatic carbocycles. The minimum atomic E-state index is -3.10. The normalized spacial score (nSPS) is 28.2. The smallest absolute Gasteiger partial charge is 0.248 e. The van der Waals surface area contributed by atoms with Crippen molar-refractivity contribution in [2.75, 3.05) is 16.4 Å². The van der Waals surface area contributed by atoms with Crippen molar-refractivity contribution in [3.05, 3.63) is 28.2 Å². The summed E-state index contributed by atoms with van der Waals surface area (Å²) in [5.74, 6) is 0.661. The van der Waals surface area contributed by atoms with Crippen LogP contribution in [0.3, 0.4) is 0 Å². The fourth-order valence-corrected chi connectivity index (χ4v) is 8.51. The van der Waals surface area contributed by atoms with Crippen LogP contribution in [0.1, 0.15) is 38.5 Å². The van der Waals surface area contributed by atoms with Crippen molar-refractivity contribution in [1.82, 2.24) is 0 Å². The first kappa shape index (κ1) is 20.5. The first-order valence-electron chi connectivity index (χ1n) is 9.55. The van der Waals surface area contributed by atoms with Crippen molar-refractivity contribution in [3.8, 4) is 0 Å². The van der Waals surface area contributed by atoms with Crippen molar-refractivity contribution in [2.45, 2.75) is 49.8 Å². The Morgan fingerprint density at radius 3 is 2.64 bits per heavy atom. The van der Waals surface area contributed by atoms with Crippen LogP contribution in [0, 0.1) is 5.92 Å². The average molecular weight is 461 g/mol. The maximum absolute atomic E-state index is 12.5. The molecule has 0 radical (unpaired) electrons. The second kappa shape index (κ2) is 8.17. The van der Waals surface area contributed by atoms with E-state index in [0.29, 0.717) is 33.2 Å². The van der Waals surface area contributed by atoms with Crippen LogP contribution in [0.25, 0.3) is 0 Å². The Hall–Kier alpha value is -0.760. The van der Waals surface area contributed by atoms with Gasteiger partial charge in [-0.05, 0) is 30.5 Å². The van der Waals surface area contributed by atoms with E-state index in [1.807, 2.05) is 4.90 Å². The van der Waals surface area contributed by atoms with E-state index in [4.69, 9.17) is 23.2 Å². The van der Waals surface area contributed by atoms with Crippen molar-refractivity contribution in [1.29, 1.82) is 0 Å². The summed E-state index contributed by atoms with van der Waals surface area (Å²) in [5.41, 5.74) is 0.717. The molecule has 1 saturated carbocycles. The second-order valence-electron chi connectivity index (χ2n) is 7.75. The van der Waals surface area contributed by atoms with Crippen LogP contribution in [-0.2, 0) is 14.6 Å². The molecule has 0 aromatic heterocycles. The molecule has 2 unspecified atom stereocenters. The zero-order chi connectivity index (χ0) is 19.9. The number of sulfone groups is 1. The van der Waals surface area contributed by atoms with Crippen LogP contribution in [0.2, 0.25) is 10.0 Å². The molecule has 152 valence electrons. The molecule has 5 nitrogen and oxygen atoms in total. The van der Waals surface area contributed by atoms with Gasteiger partial charge >= 0.3 is 0 Å². The molecule has 2 aliphatic heterocycles. The fraction of sp³-hybridized carbons (Fsp3) is 0.579. The highest BCUT2D eigenvalue weighted by molar-refractivity contribution is 8.16. The van der Waals surface area contributed by atoms with Crippen LogP contribution in [0.15, 0.2) is 23.2 Å². The van der Waals surface area contributed by atoms with Gasteiger partial charge in [0, 0.05) is 17.4 Å². The lowest BCUT2D eigenvalue weighted by atomic mass is 10.0. The molecule has 3 fully saturated rings. The molecule has 0 spiro atoms. The predicted octanol–water partition coefficient (Wildman–Crippen LogP) is 4.57. The molecule has 28 heavy (non-hydrogen) atoms. The maximum atomic E-state index is 12.5. The van der Waals surface area contributed by atoms with Gasteiger partial charge in [0.15, 0.2) is 15.0 Å². The largest absolute Gasteiger partial charge is 0.316 e. The Morgan fingerprint density at radius 1 is 1.18 bits per heavy atom. The number of thioether (sulfide) groups is 1. The number of fused-ring (bicyclic) bond motifs is 1. The summed E-state index contributed by atoms with van der Waals surface area (Å²) in [6, 6.07) is 4.94. The zero-order valence-corrected chi connectivity index (χ0v) is 18.5. The summed E-state index contributed by atoms with van der Waals surface area (Å²) in [6.45, 7) is 0. The number of hydrogen-bond acceptors (Lipinski definition) is 4. The van der Waals surface area contributed by atoms with Gasteiger partial charge in [0.05, 0.1) is 27.6 Å². The molecule has 1 amide bonds. The Bertz CT molecular complexity index is 914. The minimum Gasteiger partial charge on any atom is -0.316 e. The van der Waals surface area contributed by atoms with E-state index in [2.05, 4.69) is 4.99 Å². The summed E-state index contributed by atoms with van der Waals surface area (Å²) < 4.78 is 24.3. The summed E-state index contributed by atoms with van der Waals surface area (Å²) in [7, 11) is -3.10. The molecule has 1 aliphatic carbocycles. The predicted molar refractivity (Wildman–Crippen MR) is 116 cm³/mol. The number of aliphatic imine (C=N–C) groups is 1. The molecule has 0 N–H and O–H groups in total. The lowest BCUT2D eigenvalue weighted by Gasteiger charge is -2.24. The first-order chi connectivity index (χ1) is 13.3. The maximum Gasteiger partial charge on any atom is 0.248 e. The number of nitrogens with zero attached hydrogens (tertiary/aromatic N) is 2.